The lowest BCUT2D eigenvalue weighted by Gasteiger charge is -2.35. The molecule has 0 bridgehead atoms. The first kappa shape index (κ1) is 18.0. The zero-order chi connectivity index (χ0) is 17.8. The number of carbonyl (C=O) groups excluding carboxylic acids is 1. The topological polar surface area (TPSA) is 48.5 Å². The molecule has 2 aliphatic heterocycles. The molecule has 3 heterocycles. The number of likely N-dealkylation sites (tertiary alicyclic amines) is 1. The van der Waals surface area contributed by atoms with Crippen molar-refractivity contribution in [2.75, 3.05) is 31.1 Å². The van der Waals surface area contributed by atoms with Gasteiger partial charge in [0.05, 0.1) is 0 Å². The summed E-state index contributed by atoms with van der Waals surface area (Å²) in [6.07, 6.45) is 5.60. The zero-order valence-electron chi connectivity index (χ0n) is 15.9. The van der Waals surface area contributed by atoms with Gasteiger partial charge in [-0.15, -0.1) is 0 Å². The van der Waals surface area contributed by atoms with Gasteiger partial charge in [0.15, 0.2) is 0 Å². The fourth-order valence-electron chi connectivity index (χ4n) is 4.06. The van der Waals surface area contributed by atoms with Crippen LogP contribution in [0.3, 0.4) is 0 Å². The van der Waals surface area contributed by atoms with Crippen molar-refractivity contribution in [2.45, 2.75) is 46.6 Å². The molecule has 2 saturated heterocycles. The van der Waals surface area contributed by atoms with Gasteiger partial charge in [0.2, 0.25) is 0 Å². The van der Waals surface area contributed by atoms with Crippen LogP contribution in [0.1, 0.15) is 45.6 Å². The Bertz CT molecular complexity index is 556. The summed E-state index contributed by atoms with van der Waals surface area (Å²) in [5, 5.41) is 3.05. The Kier molecular flexibility index (Phi) is 5.82. The van der Waals surface area contributed by atoms with Crippen molar-refractivity contribution in [1.29, 1.82) is 0 Å². The Hall–Kier alpha value is -1.78. The minimum Gasteiger partial charge on any atom is -0.357 e. The second-order valence-electron chi connectivity index (χ2n) is 8.20. The Balaban J connectivity index is 1.49. The number of hydrogen-bond acceptors (Lipinski definition) is 3. The molecular formula is C20H32N4O. The molecule has 2 amide bonds. The summed E-state index contributed by atoms with van der Waals surface area (Å²) in [5.74, 6) is 3.05. The number of hydrogen-bond donors (Lipinski definition) is 1. The van der Waals surface area contributed by atoms with Crippen molar-refractivity contribution < 1.29 is 4.79 Å². The molecule has 5 heteroatoms. The SMILES string of the molecule is CC1CCN(c2ccc(CNC(=O)N3CC(C)CC(C)C3)cn2)CC1. The lowest BCUT2D eigenvalue weighted by atomic mass is 9.92. The predicted molar refractivity (Wildman–Crippen MR) is 102 cm³/mol. The van der Waals surface area contributed by atoms with E-state index in [9.17, 15) is 4.79 Å². The molecule has 0 radical (unpaired) electrons. The van der Waals surface area contributed by atoms with Gasteiger partial charge < -0.3 is 15.1 Å². The van der Waals surface area contributed by atoms with Crippen LogP contribution in [0.5, 0.6) is 0 Å². The first-order valence-corrected chi connectivity index (χ1v) is 9.74. The first-order valence-electron chi connectivity index (χ1n) is 9.74. The first-order chi connectivity index (χ1) is 12.0. The Morgan fingerprint density at radius 3 is 2.40 bits per heavy atom. The number of pyridine rings is 1. The van der Waals surface area contributed by atoms with Crippen LogP contribution >= 0.6 is 0 Å². The molecule has 2 unspecified atom stereocenters. The average Bonchev–Trinajstić information content (AvgIpc) is 2.60. The second-order valence-corrected chi connectivity index (χ2v) is 8.20. The highest BCUT2D eigenvalue weighted by Crippen LogP contribution is 2.22. The minimum atomic E-state index is 0.0486. The summed E-state index contributed by atoms with van der Waals surface area (Å²) in [4.78, 5) is 21.3. The van der Waals surface area contributed by atoms with Crippen LogP contribution in [0.25, 0.3) is 0 Å². The fourth-order valence-corrected chi connectivity index (χ4v) is 4.06. The normalized spacial score (nSPS) is 25.1. The van der Waals surface area contributed by atoms with E-state index in [0.29, 0.717) is 18.4 Å². The molecule has 2 atom stereocenters. The van der Waals surface area contributed by atoms with Gasteiger partial charge >= 0.3 is 6.03 Å². The van der Waals surface area contributed by atoms with Gasteiger partial charge in [-0.3, -0.25) is 0 Å². The molecule has 1 N–H and O–H groups in total. The maximum atomic E-state index is 12.4. The molecule has 2 fully saturated rings. The maximum absolute atomic E-state index is 12.4. The smallest absolute Gasteiger partial charge is 0.317 e. The average molecular weight is 345 g/mol. The highest BCUT2D eigenvalue weighted by molar-refractivity contribution is 5.74. The van der Waals surface area contributed by atoms with Crippen molar-refractivity contribution in [3.05, 3.63) is 23.9 Å². The number of urea groups is 1. The molecule has 1 aromatic heterocycles. The number of aromatic nitrogens is 1. The van der Waals surface area contributed by atoms with E-state index in [4.69, 9.17) is 0 Å². The number of anilines is 1. The number of nitrogens with zero attached hydrogens (tertiary/aromatic N) is 3. The quantitative estimate of drug-likeness (QED) is 0.913. The van der Waals surface area contributed by atoms with E-state index >= 15 is 0 Å². The third-order valence-corrected chi connectivity index (χ3v) is 5.52. The minimum absolute atomic E-state index is 0.0486. The van der Waals surface area contributed by atoms with Crippen molar-refractivity contribution >= 4 is 11.8 Å². The van der Waals surface area contributed by atoms with Crippen LogP contribution in [0, 0.1) is 17.8 Å². The summed E-state index contributed by atoms with van der Waals surface area (Å²) in [6, 6.07) is 4.22. The summed E-state index contributed by atoms with van der Waals surface area (Å²) in [7, 11) is 0. The molecule has 0 aromatic carbocycles. The summed E-state index contributed by atoms with van der Waals surface area (Å²) < 4.78 is 0. The van der Waals surface area contributed by atoms with E-state index in [2.05, 4.69) is 48.1 Å². The summed E-state index contributed by atoms with van der Waals surface area (Å²) in [5.41, 5.74) is 1.06. The van der Waals surface area contributed by atoms with Crippen molar-refractivity contribution in [1.82, 2.24) is 15.2 Å². The maximum Gasteiger partial charge on any atom is 0.317 e. The molecule has 0 spiro atoms. The van der Waals surface area contributed by atoms with Crippen molar-refractivity contribution in [2.24, 2.45) is 17.8 Å². The van der Waals surface area contributed by atoms with Crippen LogP contribution in [0.2, 0.25) is 0 Å². The number of amides is 2. The van der Waals surface area contributed by atoms with Crippen molar-refractivity contribution in [3.63, 3.8) is 0 Å². The molecule has 2 aliphatic rings. The highest BCUT2D eigenvalue weighted by Gasteiger charge is 2.25. The van der Waals surface area contributed by atoms with Gasteiger partial charge in [-0.25, -0.2) is 9.78 Å². The van der Waals surface area contributed by atoms with E-state index in [-0.39, 0.29) is 6.03 Å². The Morgan fingerprint density at radius 1 is 1.12 bits per heavy atom. The van der Waals surface area contributed by atoms with Gasteiger partial charge in [-0.2, -0.15) is 0 Å². The Morgan fingerprint density at radius 2 is 1.80 bits per heavy atom. The number of carbonyl (C=O) groups is 1. The highest BCUT2D eigenvalue weighted by atomic mass is 16.2. The van der Waals surface area contributed by atoms with E-state index in [0.717, 1.165) is 43.5 Å². The van der Waals surface area contributed by atoms with Gasteiger partial charge in [0.1, 0.15) is 5.82 Å². The molecule has 25 heavy (non-hydrogen) atoms. The summed E-state index contributed by atoms with van der Waals surface area (Å²) >= 11 is 0. The van der Waals surface area contributed by atoms with E-state index < -0.39 is 0 Å². The standard InChI is InChI=1S/C20H32N4O/c1-15-6-8-23(9-7-15)19-5-4-18(11-21-19)12-22-20(25)24-13-16(2)10-17(3)14-24/h4-5,11,15-17H,6-10,12-14H2,1-3H3,(H,22,25). The third kappa shape index (κ3) is 4.86. The van der Waals surface area contributed by atoms with E-state index in [1.807, 2.05) is 11.1 Å². The molecule has 3 rings (SSSR count). The predicted octanol–water partition coefficient (Wildman–Crippen LogP) is 3.51. The van der Waals surface area contributed by atoms with Gasteiger partial charge in [0, 0.05) is 38.9 Å². The lowest BCUT2D eigenvalue weighted by molar-refractivity contribution is 0.146. The van der Waals surface area contributed by atoms with Crippen LogP contribution < -0.4 is 10.2 Å². The second kappa shape index (κ2) is 8.07. The van der Waals surface area contributed by atoms with Crippen LogP contribution in [0.15, 0.2) is 18.3 Å². The Labute approximate surface area is 151 Å². The molecule has 0 saturated carbocycles. The monoisotopic (exact) mass is 344 g/mol. The number of piperidine rings is 2. The third-order valence-electron chi connectivity index (χ3n) is 5.52. The molecule has 5 nitrogen and oxygen atoms in total. The van der Waals surface area contributed by atoms with Gasteiger partial charge in [-0.05, 0) is 48.6 Å². The van der Waals surface area contributed by atoms with Crippen LogP contribution in [-0.4, -0.2) is 42.1 Å². The molecular weight excluding hydrogens is 312 g/mol. The summed E-state index contributed by atoms with van der Waals surface area (Å²) in [6.45, 7) is 11.2. The van der Waals surface area contributed by atoms with Crippen LogP contribution in [-0.2, 0) is 6.54 Å². The largest absolute Gasteiger partial charge is 0.357 e. The molecule has 138 valence electrons. The van der Waals surface area contributed by atoms with Crippen LogP contribution in [0.4, 0.5) is 10.6 Å². The van der Waals surface area contributed by atoms with Gasteiger partial charge in [-0.1, -0.05) is 26.8 Å². The van der Waals surface area contributed by atoms with Crippen molar-refractivity contribution in [3.8, 4) is 0 Å². The van der Waals surface area contributed by atoms with E-state index in [1.54, 1.807) is 0 Å². The number of rotatable bonds is 3. The van der Waals surface area contributed by atoms with Gasteiger partial charge in [0.25, 0.3) is 0 Å². The van der Waals surface area contributed by atoms with E-state index in [1.165, 1.54) is 19.3 Å². The molecule has 1 aromatic rings. The molecule has 0 aliphatic carbocycles. The zero-order valence-corrected chi connectivity index (χ0v) is 15.9. The fraction of sp³-hybridized carbons (Fsp3) is 0.700. The lowest BCUT2D eigenvalue weighted by Crippen LogP contribution is -2.47. The number of nitrogens with one attached hydrogen (secondary N) is 1.